The molecule has 132 valence electrons. The van der Waals surface area contributed by atoms with E-state index in [1.165, 1.54) is 17.1 Å². The second-order valence-electron chi connectivity index (χ2n) is 5.49. The molecule has 0 spiro atoms. The molecular weight excluding hydrogens is 348 g/mol. The summed E-state index contributed by atoms with van der Waals surface area (Å²) in [6.45, 7) is -0.503. The Labute approximate surface area is 144 Å². The Morgan fingerprint density at radius 2 is 2.00 bits per heavy atom. The molecule has 0 bridgehead atoms. The van der Waals surface area contributed by atoms with E-state index in [9.17, 15) is 18.0 Å². The molecular formula is C15H16N4O5S. The summed E-state index contributed by atoms with van der Waals surface area (Å²) in [5, 5.41) is 3.85. The predicted molar refractivity (Wildman–Crippen MR) is 85.8 cm³/mol. The van der Waals surface area contributed by atoms with Crippen molar-refractivity contribution in [3.8, 4) is 0 Å². The monoisotopic (exact) mass is 364 g/mol. The van der Waals surface area contributed by atoms with Crippen LogP contribution in [-0.2, 0) is 26.6 Å². The Morgan fingerprint density at radius 1 is 1.28 bits per heavy atom. The van der Waals surface area contributed by atoms with Gasteiger partial charge in [0.1, 0.15) is 4.90 Å². The molecule has 1 aliphatic rings. The number of aromatic nitrogens is 2. The number of aryl methyl sites for hydroxylation is 1. The smallest absolute Gasteiger partial charge is 0.417 e. The van der Waals surface area contributed by atoms with E-state index in [-0.39, 0.29) is 18.0 Å². The molecule has 25 heavy (non-hydrogen) atoms. The first kappa shape index (κ1) is 17.1. The molecule has 2 heterocycles. The van der Waals surface area contributed by atoms with E-state index in [0.717, 1.165) is 4.90 Å². The predicted octanol–water partition coefficient (Wildman–Crippen LogP) is 0.418. The van der Waals surface area contributed by atoms with Gasteiger partial charge in [-0.05, 0) is 5.56 Å². The number of nitrogens with one attached hydrogen (secondary N) is 1. The van der Waals surface area contributed by atoms with Gasteiger partial charge in [0, 0.05) is 13.2 Å². The van der Waals surface area contributed by atoms with Crippen molar-refractivity contribution in [2.75, 3.05) is 13.2 Å². The van der Waals surface area contributed by atoms with Gasteiger partial charge in [-0.1, -0.05) is 30.3 Å². The number of nitrogens with zero attached hydrogens (tertiary/aromatic N) is 3. The fourth-order valence-corrected chi connectivity index (χ4v) is 3.63. The lowest BCUT2D eigenvalue weighted by Gasteiger charge is -2.22. The van der Waals surface area contributed by atoms with Gasteiger partial charge >= 0.3 is 6.09 Å². The van der Waals surface area contributed by atoms with Gasteiger partial charge in [-0.2, -0.15) is 5.10 Å². The average Bonchev–Trinajstić information content (AvgIpc) is 3.16. The Morgan fingerprint density at radius 3 is 2.56 bits per heavy atom. The second-order valence-corrected chi connectivity index (χ2v) is 7.21. The third kappa shape index (κ3) is 3.69. The topological polar surface area (TPSA) is 111 Å². The third-order valence-corrected chi connectivity index (χ3v) is 5.12. The maximum absolute atomic E-state index is 12.6. The number of carbonyl (C=O) groups is 2. The molecule has 9 nitrogen and oxygen atoms in total. The lowest BCUT2D eigenvalue weighted by Crippen LogP contribution is -2.40. The van der Waals surface area contributed by atoms with E-state index in [1.807, 2.05) is 0 Å². The van der Waals surface area contributed by atoms with Crippen LogP contribution in [0.15, 0.2) is 47.6 Å². The maximum atomic E-state index is 12.6. The number of cyclic esters (lactones) is 1. The number of hydrogen-bond donors (Lipinski definition) is 1. The Kier molecular flexibility index (Phi) is 4.55. The zero-order valence-electron chi connectivity index (χ0n) is 13.3. The van der Waals surface area contributed by atoms with Crippen LogP contribution in [0.5, 0.6) is 0 Å². The van der Waals surface area contributed by atoms with E-state index < -0.39 is 28.1 Å². The molecule has 0 radical (unpaired) electrons. The summed E-state index contributed by atoms with van der Waals surface area (Å²) in [4.78, 5) is 24.3. The summed E-state index contributed by atoms with van der Waals surface area (Å²) >= 11 is 0. The molecule has 1 atom stereocenters. The standard InChI is InChI=1S/C15H16N4O5S/c1-18-8-12(7-16-18)25(22,23)17-13(11-5-3-2-4-6-11)9-19-14(20)10-24-15(19)21/h2-8,13,17H,9-10H2,1H3/t13-/m1/s1. The van der Waals surface area contributed by atoms with Crippen LogP contribution in [0, 0.1) is 0 Å². The number of amides is 2. The summed E-state index contributed by atoms with van der Waals surface area (Å²) in [7, 11) is -2.28. The normalized spacial score (nSPS) is 16.1. The second kappa shape index (κ2) is 6.65. The van der Waals surface area contributed by atoms with E-state index in [2.05, 4.69) is 14.6 Å². The van der Waals surface area contributed by atoms with Gasteiger partial charge in [0.25, 0.3) is 5.91 Å². The molecule has 0 saturated carbocycles. The average molecular weight is 364 g/mol. The zero-order chi connectivity index (χ0) is 18.0. The van der Waals surface area contributed by atoms with Crippen molar-refractivity contribution in [2.45, 2.75) is 10.9 Å². The molecule has 1 saturated heterocycles. The third-order valence-electron chi connectivity index (χ3n) is 3.70. The van der Waals surface area contributed by atoms with Crippen LogP contribution < -0.4 is 4.72 Å². The molecule has 10 heteroatoms. The van der Waals surface area contributed by atoms with Gasteiger partial charge in [0.15, 0.2) is 6.61 Å². The van der Waals surface area contributed by atoms with Crippen LogP contribution in [0.1, 0.15) is 11.6 Å². The number of rotatable bonds is 6. The van der Waals surface area contributed by atoms with Crippen LogP contribution in [0.25, 0.3) is 0 Å². The van der Waals surface area contributed by atoms with Crippen molar-refractivity contribution in [1.29, 1.82) is 0 Å². The molecule has 2 amide bonds. The highest BCUT2D eigenvalue weighted by molar-refractivity contribution is 7.89. The van der Waals surface area contributed by atoms with Gasteiger partial charge in [-0.25, -0.2) is 22.8 Å². The van der Waals surface area contributed by atoms with Gasteiger partial charge in [-0.15, -0.1) is 0 Å². The van der Waals surface area contributed by atoms with Crippen molar-refractivity contribution in [1.82, 2.24) is 19.4 Å². The molecule has 1 aliphatic heterocycles. The molecule has 2 aromatic rings. The molecule has 0 aliphatic carbocycles. The van der Waals surface area contributed by atoms with Crippen LogP contribution >= 0.6 is 0 Å². The fourth-order valence-electron chi connectivity index (χ4n) is 2.43. The SMILES string of the molecule is Cn1cc(S(=O)(=O)N[C@H](CN2C(=O)COC2=O)c2ccccc2)cn1. The number of carbonyl (C=O) groups excluding carboxylic acids is 2. The molecule has 1 aromatic carbocycles. The van der Waals surface area contributed by atoms with E-state index in [1.54, 1.807) is 37.4 Å². The Balaban J connectivity index is 1.89. The lowest BCUT2D eigenvalue weighted by molar-refractivity contribution is -0.126. The molecule has 1 fully saturated rings. The van der Waals surface area contributed by atoms with Gasteiger partial charge < -0.3 is 4.74 Å². The minimum Gasteiger partial charge on any atom is -0.439 e. The van der Waals surface area contributed by atoms with Crippen LogP contribution in [0.3, 0.4) is 0 Å². The zero-order valence-corrected chi connectivity index (χ0v) is 14.1. The first-order valence-corrected chi connectivity index (χ1v) is 8.88. The highest BCUT2D eigenvalue weighted by Crippen LogP contribution is 2.20. The van der Waals surface area contributed by atoms with Gasteiger partial charge in [-0.3, -0.25) is 9.48 Å². The number of hydrogen-bond acceptors (Lipinski definition) is 6. The van der Waals surface area contributed by atoms with Crippen molar-refractivity contribution in [2.24, 2.45) is 7.05 Å². The van der Waals surface area contributed by atoms with Crippen molar-refractivity contribution >= 4 is 22.0 Å². The highest BCUT2D eigenvalue weighted by Gasteiger charge is 2.34. The van der Waals surface area contributed by atoms with Crippen LogP contribution in [-0.4, -0.2) is 48.3 Å². The van der Waals surface area contributed by atoms with Crippen LogP contribution in [0.4, 0.5) is 4.79 Å². The quantitative estimate of drug-likeness (QED) is 0.795. The van der Waals surface area contributed by atoms with E-state index >= 15 is 0 Å². The minimum absolute atomic E-state index is 0.00810. The number of imide groups is 1. The van der Waals surface area contributed by atoms with Crippen molar-refractivity contribution < 1.29 is 22.7 Å². The maximum Gasteiger partial charge on any atom is 0.417 e. The first-order chi connectivity index (χ1) is 11.9. The van der Waals surface area contributed by atoms with E-state index in [4.69, 9.17) is 0 Å². The largest absolute Gasteiger partial charge is 0.439 e. The van der Waals surface area contributed by atoms with Crippen molar-refractivity contribution in [3.63, 3.8) is 0 Å². The minimum atomic E-state index is -3.89. The highest BCUT2D eigenvalue weighted by atomic mass is 32.2. The summed E-state index contributed by atoms with van der Waals surface area (Å²) in [6, 6.07) is 7.87. The summed E-state index contributed by atoms with van der Waals surface area (Å²) < 4.78 is 33.7. The lowest BCUT2D eigenvalue weighted by atomic mass is 10.1. The Hall–Kier alpha value is -2.72. The van der Waals surface area contributed by atoms with E-state index in [0.29, 0.717) is 5.56 Å². The number of sulfonamides is 1. The molecule has 0 unspecified atom stereocenters. The summed E-state index contributed by atoms with van der Waals surface area (Å²) in [5.41, 5.74) is 0.613. The van der Waals surface area contributed by atoms with Gasteiger partial charge in [0.2, 0.25) is 10.0 Å². The molecule has 1 aromatic heterocycles. The molecule has 3 rings (SSSR count). The van der Waals surface area contributed by atoms with Gasteiger partial charge in [0.05, 0.1) is 18.8 Å². The number of ether oxygens (including phenoxy) is 1. The van der Waals surface area contributed by atoms with Crippen molar-refractivity contribution in [3.05, 3.63) is 48.3 Å². The van der Waals surface area contributed by atoms with Crippen LogP contribution in [0.2, 0.25) is 0 Å². The molecule has 1 N–H and O–H groups in total. The Bertz CT molecular complexity index is 878. The first-order valence-electron chi connectivity index (χ1n) is 7.40. The number of benzene rings is 1. The fraction of sp³-hybridized carbons (Fsp3) is 0.267. The summed E-state index contributed by atoms with van der Waals surface area (Å²) in [6.07, 6.45) is 1.80. The summed E-state index contributed by atoms with van der Waals surface area (Å²) in [5.74, 6) is -0.508.